The first kappa shape index (κ1) is 22.4. The first-order valence-electron chi connectivity index (χ1n) is 9.64. The number of aromatic nitrogens is 1. The molecule has 0 radical (unpaired) electrons. The van der Waals surface area contributed by atoms with Crippen LogP contribution in [0.25, 0.3) is 10.9 Å². The van der Waals surface area contributed by atoms with E-state index in [-0.39, 0.29) is 30.8 Å². The molecule has 0 bridgehead atoms. The van der Waals surface area contributed by atoms with Crippen molar-refractivity contribution < 1.29 is 26.0 Å². The third-order valence-electron chi connectivity index (χ3n) is 5.65. The first-order valence-corrected chi connectivity index (χ1v) is 11.1. The maximum atomic E-state index is 13.4. The van der Waals surface area contributed by atoms with Crippen LogP contribution in [0, 0.1) is 12.7 Å². The fourth-order valence-electron chi connectivity index (χ4n) is 3.90. The summed E-state index contributed by atoms with van der Waals surface area (Å²) in [6.45, 7) is 1.95. The number of hydrogen-bond donors (Lipinski definition) is 2. The lowest BCUT2D eigenvalue weighted by molar-refractivity contribution is -0.140. The highest BCUT2D eigenvalue weighted by atomic mass is 32.2. The summed E-state index contributed by atoms with van der Waals surface area (Å²) in [5.41, 5.74) is 0.0751. The van der Waals surface area contributed by atoms with Crippen molar-refractivity contribution >= 4 is 26.8 Å². The summed E-state index contributed by atoms with van der Waals surface area (Å²) >= 11 is 0. The average Bonchev–Trinajstić information content (AvgIpc) is 2.66. The second kappa shape index (κ2) is 7.68. The molecule has 0 saturated carbocycles. The topological polar surface area (TPSA) is 88.3 Å². The Morgan fingerprint density at radius 3 is 2.38 bits per heavy atom. The molecule has 1 fully saturated rings. The van der Waals surface area contributed by atoms with E-state index in [2.05, 4.69) is 10.3 Å². The lowest BCUT2D eigenvalue weighted by atomic mass is 9.75. The minimum atomic E-state index is -4.63. The normalized spacial score (nSPS) is 16.7. The van der Waals surface area contributed by atoms with Crippen LogP contribution in [-0.2, 0) is 21.8 Å². The fourth-order valence-corrected chi connectivity index (χ4v) is 4.76. The number of aryl methyl sites for hydroxylation is 1. The largest absolute Gasteiger partial charge is 0.433 e. The van der Waals surface area contributed by atoms with Crippen LogP contribution in [0.3, 0.4) is 0 Å². The lowest BCUT2D eigenvalue weighted by Crippen LogP contribution is -2.65. The Morgan fingerprint density at radius 2 is 1.78 bits per heavy atom. The second-order valence-corrected chi connectivity index (χ2v) is 9.57. The maximum absolute atomic E-state index is 13.4. The number of rotatable bonds is 5. The Hall–Kier alpha value is -2.76. The van der Waals surface area contributed by atoms with Crippen LogP contribution in [0.15, 0.2) is 48.5 Å². The quantitative estimate of drug-likeness (QED) is 0.561. The number of alkyl halides is 3. The van der Waals surface area contributed by atoms with Crippen LogP contribution < -0.4 is 10.5 Å². The first-order chi connectivity index (χ1) is 14.9. The molecule has 1 aliphatic heterocycles. The highest BCUT2D eigenvalue weighted by Gasteiger charge is 2.48. The van der Waals surface area contributed by atoms with Gasteiger partial charge in [0.25, 0.3) is 10.2 Å². The van der Waals surface area contributed by atoms with Crippen LogP contribution >= 0.6 is 0 Å². The van der Waals surface area contributed by atoms with E-state index in [9.17, 15) is 26.0 Å². The van der Waals surface area contributed by atoms with Gasteiger partial charge in [0.05, 0.1) is 5.52 Å². The van der Waals surface area contributed by atoms with Gasteiger partial charge in [-0.3, -0.25) is 0 Å². The van der Waals surface area contributed by atoms with E-state index in [1.807, 2.05) is 6.92 Å². The average molecular weight is 468 g/mol. The van der Waals surface area contributed by atoms with Crippen LogP contribution in [0.1, 0.15) is 16.8 Å². The zero-order valence-electron chi connectivity index (χ0n) is 16.9. The van der Waals surface area contributed by atoms with Crippen LogP contribution in [0.5, 0.6) is 0 Å². The van der Waals surface area contributed by atoms with Crippen LogP contribution in [0.2, 0.25) is 0 Å². The molecule has 0 spiro atoms. The summed E-state index contributed by atoms with van der Waals surface area (Å²) < 4.78 is 78.1. The van der Waals surface area contributed by atoms with Crippen molar-refractivity contribution in [3.05, 3.63) is 71.2 Å². The smallest absolute Gasteiger partial charge is 0.383 e. The number of benzene rings is 2. The molecule has 3 aromatic rings. The third-order valence-corrected chi connectivity index (χ3v) is 6.62. The number of anilines is 1. The Bertz CT molecular complexity index is 1270. The van der Waals surface area contributed by atoms with Gasteiger partial charge in [-0.2, -0.15) is 25.9 Å². The van der Waals surface area contributed by atoms with E-state index >= 15 is 0 Å². The Kier molecular flexibility index (Phi) is 5.38. The van der Waals surface area contributed by atoms with Gasteiger partial charge in [-0.05, 0) is 42.8 Å². The third kappa shape index (κ3) is 4.27. The van der Waals surface area contributed by atoms with E-state index in [1.54, 1.807) is 12.1 Å². The molecule has 1 saturated heterocycles. The van der Waals surface area contributed by atoms with Gasteiger partial charge in [0.2, 0.25) is 0 Å². The van der Waals surface area contributed by atoms with Gasteiger partial charge in [-0.25, -0.2) is 14.5 Å². The van der Waals surface area contributed by atoms with Crippen molar-refractivity contribution in [1.82, 2.24) is 9.29 Å². The fraction of sp³-hybridized carbons (Fsp3) is 0.286. The molecule has 0 aliphatic carbocycles. The molecule has 2 aromatic carbocycles. The molecule has 3 N–H and O–H groups in total. The number of nitrogens with two attached hydrogens (primary N) is 1. The van der Waals surface area contributed by atoms with Crippen molar-refractivity contribution in [3.63, 3.8) is 0 Å². The molecular weight excluding hydrogens is 448 g/mol. The van der Waals surface area contributed by atoms with Gasteiger partial charge in [-0.15, -0.1) is 0 Å². The van der Waals surface area contributed by atoms with E-state index < -0.39 is 33.3 Å². The van der Waals surface area contributed by atoms with Crippen molar-refractivity contribution in [1.29, 1.82) is 0 Å². The molecule has 1 aliphatic rings. The number of nitrogens with one attached hydrogen (secondary N) is 1. The monoisotopic (exact) mass is 468 g/mol. The van der Waals surface area contributed by atoms with Crippen LogP contribution in [-0.4, -0.2) is 37.3 Å². The zero-order valence-corrected chi connectivity index (χ0v) is 17.8. The summed E-state index contributed by atoms with van der Waals surface area (Å²) in [6.07, 6.45) is -4.63. The standard InChI is InChI=1S/C21H20F4N4O2S/c1-13-2-7-17-16(8-13)18(9-19(28-17)21(23,24)25)27-10-20(11-29(12-20)32(26,30)31)14-3-5-15(22)6-4-14/h2-9H,10-12H2,1H3,(H,27,28)(H2,26,30,31). The molecule has 0 unspecified atom stereocenters. The molecule has 6 nitrogen and oxygen atoms in total. The van der Waals surface area contributed by atoms with Crippen molar-refractivity contribution in [2.45, 2.75) is 18.5 Å². The summed E-state index contributed by atoms with van der Waals surface area (Å²) in [6, 6.07) is 11.4. The van der Waals surface area contributed by atoms with E-state index in [0.717, 1.165) is 15.9 Å². The minimum Gasteiger partial charge on any atom is -0.383 e. The maximum Gasteiger partial charge on any atom is 0.433 e. The number of hydrogen-bond acceptors (Lipinski definition) is 4. The second-order valence-electron chi connectivity index (χ2n) is 8.03. The van der Waals surface area contributed by atoms with Gasteiger partial charge in [0.15, 0.2) is 0 Å². The molecule has 0 atom stereocenters. The zero-order chi connectivity index (χ0) is 23.3. The number of nitrogens with zero attached hydrogens (tertiary/aromatic N) is 2. The van der Waals surface area contributed by atoms with Gasteiger partial charge >= 0.3 is 6.18 Å². The molecular formula is C21H20F4N4O2S. The number of halogens is 4. The molecule has 0 amide bonds. The molecule has 4 rings (SSSR count). The van der Waals surface area contributed by atoms with E-state index in [1.165, 1.54) is 30.3 Å². The SMILES string of the molecule is Cc1ccc2nc(C(F)(F)F)cc(NCC3(c4ccc(F)cc4)CN(S(N)(=O)=O)C3)c2c1. The molecule has 1 aromatic heterocycles. The molecule has 2 heterocycles. The predicted octanol–water partition coefficient (Wildman–Crippen LogP) is 3.57. The Morgan fingerprint density at radius 1 is 1.12 bits per heavy atom. The predicted molar refractivity (Wildman–Crippen MR) is 113 cm³/mol. The molecule has 11 heteroatoms. The Labute approximate surface area is 182 Å². The minimum absolute atomic E-state index is 0.0125. The summed E-state index contributed by atoms with van der Waals surface area (Å²) in [5.74, 6) is -0.454. The van der Waals surface area contributed by atoms with Crippen molar-refractivity contribution in [3.8, 4) is 0 Å². The highest BCUT2D eigenvalue weighted by molar-refractivity contribution is 7.86. The van der Waals surface area contributed by atoms with Gasteiger partial charge < -0.3 is 5.32 Å². The van der Waals surface area contributed by atoms with Crippen molar-refractivity contribution in [2.24, 2.45) is 5.14 Å². The van der Waals surface area contributed by atoms with Gasteiger partial charge in [-0.1, -0.05) is 23.8 Å². The molecule has 32 heavy (non-hydrogen) atoms. The summed E-state index contributed by atoms with van der Waals surface area (Å²) in [7, 11) is -3.93. The van der Waals surface area contributed by atoms with E-state index in [4.69, 9.17) is 5.14 Å². The van der Waals surface area contributed by atoms with Crippen molar-refractivity contribution in [2.75, 3.05) is 25.0 Å². The van der Waals surface area contributed by atoms with E-state index in [0.29, 0.717) is 10.9 Å². The lowest BCUT2D eigenvalue weighted by Gasteiger charge is -2.49. The highest BCUT2D eigenvalue weighted by Crippen LogP contribution is 2.38. The Balaban J connectivity index is 1.72. The molecule has 170 valence electrons. The summed E-state index contributed by atoms with van der Waals surface area (Å²) in [5, 5.41) is 8.78. The number of pyridine rings is 1. The van der Waals surface area contributed by atoms with Gasteiger partial charge in [0.1, 0.15) is 11.5 Å². The summed E-state index contributed by atoms with van der Waals surface area (Å²) in [4.78, 5) is 3.73. The van der Waals surface area contributed by atoms with Crippen LogP contribution in [0.4, 0.5) is 23.2 Å². The number of fused-ring (bicyclic) bond motifs is 1. The van der Waals surface area contributed by atoms with Gasteiger partial charge in [0, 0.05) is 36.1 Å².